The third-order valence-electron chi connectivity index (χ3n) is 3.44. The molecule has 0 unspecified atom stereocenters. The maximum Gasteiger partial charge on any atom is 0.422 e. The number of anilines is 1. The van der Waals surface area contributed by atoms with Crippen LogP contribution in [0.25, 0.3) is 0 Å². The van der Waals surface area contributed by atoms with Gasteiger partial charge in [-0.2, -0.15) is 13.2 Å². The number of hydrogen-bond acceptors (Lipinski definition) is 3. The summed E-state index contributed by atoms with van der Waals surface area (Å²) in [5, 5.41) is 14.2. The second kappa shape index (κ2) is 8.23. The predicted molar refractivity (Wildman–Crippen MR) is 85.2 cm³/mol. The van der Waals surface area contributed by atoms with Crippen LogP contribution in [0.15, 0.2) is 18.2 Å². The van der Waals surface area contributed by atoms with Crippen molar-refractivity contribution < 1.29 is 27.8 Å². The first kappa shape index (κ1) is 20.1. The molecule has 0 fully saturated rings. The molecule has 0 aliphatic rings. The first-order valence-electron chi connectivity index (χ1n) is 7.49. The molecule has 1 rings (SSSR count). The number of halogens is 3. The van der Waals surface area contributed by atoms with E-state index < -0.39 is 18.8 Å². The summed E-state index contributed by atoms with van der Waals surface area (Å²) < 4.78 is 41.5. The lowest BCUT2D eigenvalue weighted by atomic mass is 9.90. The average molecular weight is 348 g/mol. The highest BCUT2D eigenvalue weighted by molar-refractivity contribution is 5.90. The molecular formula is C16H23F3N2O3. The molecule has 1 aromatic rings. The maximum atomic E-state index is 12.2. The molecule has 0 bridgehead atoms. The standard InChI is InChI=1S/C16H23F3N2O3/c1-11-12(5-4-6-13(11)24-10-16(17,18)19)21-14(23)20-9-15(2,3)7-8-22/h4-6,22H,7-10H2,1-3H3,(H2,20,21,23). The van der Waals surface area contributed by atoms with Crippen LogP contribution in [0.3, 0.4) is 0 Å². The monoisotopic (exact) mass is 348 g/mol. The molecular weight excluding hydrogens is 325 g/mol. The summed E-state index contributed by atoms with van der Waals surface area (Å²) in [7, 11) is 0. The number of benzene rings is 1. The lowest BCUT2D eigenvalue weighted by molar-refractivity contribution is -0.153. The van der Waals surface area contributed by atoms with E-state index >= 15 is 0 Å². The second-order valence-corrected chi connectivity index (χ2v) is 6.28. The second-order valence-electron chi connectivity index (χ2n) is 6.28. The summed E-state index contributed by atoms with van der Waals surface area (Å²) in [5.41, 5.74) is 0.511. The van der Waals surface area contributed by atoms with Gasteiger partial charge in [-0.3, -0.25) is 0 Å². The number of aliphatic hydroxyl groups excluding tert-OH is 1. The Balaban J connectivity index is 2.66. The van der Waals surface area contributed by atoms with Gasteiger partial charge in [-0.25, -0.2) is 4.79 Å². The van der Waals surface area contributed by atoms with Crippen molar-refractivity contribution in [2.45, 2.75) is 33.4 Å². The van der Waals surface area contributed by atoms with Crippen molar-refractivity contribution in [3.05, 3.63) is 23.8 Å². The lowest BCUT2D eigenvalue weighted by Gasteiger charge is -2.24. The predicted octanol–water partition coefficient (Wildman–Crippen LogP) is 3.47. The third-order valence-corrected chi connectivity index (χ3v) is 3.44. The van der Waals surface area contributed by atoms with Crippen LogP contribution in [-0.2, 0) is 0 Å². The minimum atomic E-state index is -4.43. The number of ether oxygens (including phenoxy) is 1. The minimum absolute atomic E-state index is 0.0218. The van der Waals surface area contributed by atoms with E-state index in [4.69, 9.17) is 9.84 Å². The molecule has 136 valence electrons. The van der Waals surface area contributed by atoms with Crippen LogP contribution >= 0.6 is 0 Å². The van der Waals surface area contributed by atoms with E-state index in [1.165, 1.54) is 12.1 Å². The molecule has 0 radical (unpaired) electrons. The van der Waals surface area contributed by atoms with Gasteiger partial charge in [-0.15, -0.1) is 0 Å². The van der Waals surface area contributed by atoms with Crippen molar-refractivity contribution in [1.82, 2.24) is 5.32 Å². The number of carbonyl (C=O) groups is 1. The van der Waals surface area contributed by atoms with Gasteiger partial charge < -0.3 is 20.5 Å². The molecule has 8 heteroatoms. The Morgan fingerprint density at radius 3 is 2.54 bits per heavy atom. The molecule has 5 nitrogen and oxygen atoms in total. The molecule has 2 amide bonds. The molecule has 0 saturated heterocycles. The molecule has 1 aromatic carbocycles. The SMILES string of the molecule is Cc1c(NC(=O)NCC(C)(C)CCO)cccc1OCC(F)(F)F. The van der Waals surface area contributed by atoms with Crippen molar-refractivity contribution in [2.24, 2.45) is 5.41 Å². The quantitative estimate of drug-likeness (QED) is 0.707. The van der Waals surface area contributed by atoms with Crippen LogP contribution < -0.4 is 15.4 Å². The number of alkyl halides is 3. The Labute approximate surface area is 139 Å². The van der Waals surface area contributed by atoms with Crippen molar-refractivity contribution in [3.63, 3.8) is 0 Å². The summed E-state index contributed by atoms with van der Waals surface area (Å²) in [4.78, 5) is 11.9. The van der Waals surface area contributed by atoms with E-state index in [1.54, 1.807) is 13.0 Å². The molecule has 0 saturated carbocycles. The zero-order chi connectivity index (χ0) is 18.4. The van der Waals surface area contributed by atoms with Gasteiger partial charge in [0.25, 0.3) is 0 Å². The van der Waals surface area contributed by atoms with Gasteiger partial charge >= 0.3 is 12.2 Å². The van der Waals surface area contributed by atoms with E-state index in [-0.39, 0.29) is 17.8 Å². The van der Waals surface area contributed by atoms with Gasteiger partial charge in [0.1, 0.15) is 5.75 Å². The van der Waals surface area contributed by atoms with Gasteiger partial charge in [0.2, 0.25) is 0 Å². The van der Waals surface area contributed by atoms with E-state index in [9.17, 15) is 18.0 Å². The molecule has 0 aliphatic carbocycles. The van der Waals surface area contributed by atoms with E-state index in [0.717, 1.165) is 0 Å². The van der Waals surface area contributed by atoms with Crippen molar-refractivity contribution in [1.29, 1.82) is 0 Å². The van der Waals surface area contributed by atoms with Crippen molar-refractivity contribution >= 4 is 11.7 Å². The number of urea groups is 1. The van der Waals surface area contributed by atoms with Crippen LogP contribution in [0.5, 0.6) is 5.75 Å². The highest BCUT2D eigenvalue weighted by atomic mass is 19.4. The largest absolute Gasteiger partial charge is 0.484 e. The van der Waals surface area contributed by atoms with Gasteiger partial charge in [0, 0.05) is 24.4 Å². The van der Waals surface area contributed by atoms with Crippen LogP contribution in [-0.4, -0.2) is 37.1 Å². The summed E-state index contributed by atoms with van der Waals surface area (Å²) >= 11 is 0. The normalized spacial score (nSPS) is 12.0. The minimum Gasteiger partial charge on any atom is -0.484 e. The molecule has 0 aromatic heterocycles. The van der Waals surface area contributed by atoms with E-state index in [0.29, 0.717) is 24.2 Å². The van der Waals surface area contributed by atoms with Crippen LogP contribution in [0.2, 0.25) is 0 Å². The Kier molecular flexibility index (Phi) is 6.89. The van der Waals surface area contributed by atoms with Crippen molar-refractivity contribution in [3.8, 4) is 5.75 Å². The smallest absolute Gasteiger partial charge is 0.422 e. The molecule has 3 N–H and O–H groups in total. The highest BCUT2D eigenvalue weighted by Gasteiger charge is 2.28. The van der Waals surface area contributed by atoms with Gasteiger partial charge in [-0.05, 0) is 30.9 Å². The lowest BCUT2D eigenvalue weighted by Crippen LogP contribution is -2.37. The number of hydrogen-bond donors (Lipinski definition) is 3. The number of amides is 2. The zero-order valence-corrected chi connectivity index (χ0v) is 14.0. The fourth-order valence-electron chi connectivity index (χ4n) is 1.94. The maximum absolute atomic E-state index is 12.2. The fourth-order valence-corrected chi connectivity index (χ4v) is 1.94. The summed E-state index contributed by atoms with van der Waals surface area (Å²) in [5.74, 6) is 0.0609. The summed E-state index contributed by atoms with van der Waals surface area (Å²) in [6, 6.07) is 4.02. The van der Waals surface area contributed by atoms with E-state index in [2.05, 4.69) is 10.6 Å². The van der Waals surface area contributed by atoms with E-state index in [1.807, 2.05) is 13.8 Å². The molecule has 24 heavy (non-hydrogen) atoms. The van der Waals surface area contributed by atoms with Gasteiger partial charge in [0.15, 0.2) is 6.61 Å². The fraction of sp³-hybridized carbons (Fsp3) is 0.562. The topological polar surface area (TPSA) is 70.6 Å². The molecule has 0 heterocycles. The van der Waals surface area contributed by atoms with Crippen LogP contribution in [0.4, 0.5) is 23.7 Å². The first-order valence-corrected chi connectivity index (χ1v) is 7.49. The summed E-state index contributed by atoms with van der Waals surface area (Å²) in [6.45, 7) is 4.35. The van der Waals surface area contributed by atoms with Crippen LogP contribution in [0.1, 0.15) is 25.8 Å². The Hall–Kier alpha value is -1.96. The molecule has 0 aliphatic heterocycles. The third kappa shape index (κ3) is 7.08. The highest BCUT2D eigenvalue weighted by Crippen LogP contribution is 2.27. The van der Waals surface area contributed by atoms with Gasteiger partial charge in [-0.1, -0.05) is 19.9 Å². The molecule has 0 spiro atoms. The Morgan fingerprint density at radius 1 is 1.29 bits per heavy atom. The molecule has 0 atom stereocenters. The average Bonchev–Trinajstić information content (AvgIpc) is 2.45. The zero-order valence-electron chi connectivity index (χ0n) is 14.0. The number of rotatable bonds is 7. The van der Waals surface area contributed by atoms with Crippen LogP contribution in [0, 0.1) is 12.3 Å². The number of aliphatic hydroxyl groups is 1. The Bertz CT molecular complexity index is 560. The van der Waals surface area contributed by atoms with Crippen molar-refractivity contribution in [2.75, 3.05) is 25.1 Å². The number of nitrogens with one attached hydrogen (secondary N) is 2. The first-order chi connectivity index (χ1) is 11.0. The summed E-state index contributed by atoms with van der Waals surface area (Å²) in [6.07, 6.45) is -3.89. The number of carbonyl (C=O) groups excluding carboxylic acids is 1. The Morgan fingerprint density at radius 2 is 1.96 bits per heavy atom. The van der Waals surface area contributed by atoms with Gasteiger partial charge in [0.05, 0.1) is 0 Å².